The van der Waals surface area contributed by atoms with Gasteiger partial charge in [0, 0.05) is 18.9 Å². The zero-order valence-electron chi connectivity index (χ0n) is 10.2. The molecule has 0 saturated heterocycles. The van der Waals surface area contributed by atoms with E-state index in [1.807, 2.05) is 0 Å². The minimum absolute atomic E-state index is 0.00346. The number of hydrogen-bond donors (Lipinski definition) is 3. The molecule has 4 N–H and O–H groups in total. The van der Waals surface area contributed by atoms with Gasteiger partial charge < -0.3 is 20.9 Å². The van der Waals surface area contributed by atoms with Gasteiger partial charge in [0.1, 0.15) is 6.33 Å². The molecule has 0 atom stereocenters. The summed E-state index contributed by atoms with van der Waals surface area (Å²) in [7, 11) is 0. The summed E-state index contributed by atoms with van der Waals surface area (Å²) in [6, 6.07) is 0. The van der Waals surface area contributed by atoms with E-state index in [-0.39, 0.29) is 12.6 Å². The molecule has 9 heteroatoms. The maximum atomic E-state index is 8.56. The lowest BCUT2D eigenvalue weighted by atomic mass is 10.6. The molecule has 0 bridgehead atoms. The summed E-state index contributed by atoms with van der Waals surface area (Å²) in [5, 5.41) is 11.5. The first-order chi connectivity index (χ1) is 9.29. The highest BCUT2D eigenvalue weighted by atomic mass is 16.5. The third kappa shape index (κ3) is 3.86. The molecular formula is C10H15N7O2. The first-order valence-corrected chi connectivity index (χ1v) is 5.72. The number of nitrogens with zero attached hydrogens (tertiary/aromatic N) is 5. The Morgan fingerprint density at radius 2 is 2.21 bits per heavy atom. The number of aliphatic hydroxyl groups is 1. The topological polar surface area (TPSA) is 124 Å². The van der Waals surface area contributed by atoms with Crippen LogP contribution in [0.1, 0.15) is 0 Å². The largest absolute Gasteiger partial charge is 0.394 e. The predicted octanol–water partition coefficient (Wildman–Crippen LogP) is -0.940. The van der Waals surface area contributed by atoms with Gasteiger partial charge in [-0.15, -0.1) is 0 Å². The van der Waals surface area contributed by atoms with Crippen LogP contribution in [0, 0.1) is 0 Å². The summed E-state index contributed by atoms with van der Waals surface area (Å²) in [6.07, 6.45) is 4.90. The van der Waals surface area contributed by atoms with Gasteiger partial charge in [0.05, 0.1) is 19.8 Å². The van der Waals surface area contributed by atoms with Crippen LogP contribution in [0.5, 0.6) is 0 Å². The van der Waals surface area contributed by atoms with E-state index in [1.165, 1.54) is 0 Å². The Hall–Kier alpha value is -2.26. The molecular weight excluding hydrogens is 250 g/mol. The number of aliphatic hydroxyl groups excluding tert-OH is 1. The quantitative estimate of drug-likeness (QED) is 0.548. The number of nitrogen functional groups attached to an aromatic ring is 1. The second kappa shape index (κ2) is 6.61. The van der Waals surface area contributed by atoms with Gasteiger partial charge in [-0.2, -0.15) is 15.0 Å². The molecule has 0 spiro atoms. The molecule has 0 aliphatic rings. The molecule has 0 unspecified atom stereocenters. The van der Waals surface area contributed by atoms with Gasteiger partial charge in [0.2, 0.25) is 17.8 Å². The van der Waals surface area contributed by atoms with Crippen molar-refractivity contribution in [1.29, 1.82) is 0 Å². The Morgan fingerprint density at radius 1 is 1.32 bits per heavy atom. The van der Waals surface area contributed by atoms with Gasteiger partial charge in [-0.05, 0) is 0 Å². The number of nitrogens with one attached hydrogen (secondary N) is 1. The lowest BCUT2D eigenvalue weighted by Gasteiger charge is -2.07. The van der Waals surface area contributed by atoms with Crippen molar-refractivity contribution in [2.45, 2.75) is 0 Å². The van der Waals surface area contributed by atoms with Crippen molar-refractivity contribution >= 4 is 11.9 Å². The second-order valence-electron chi connectivity index (χ2n) is 3.55. The number of anilines is 2. The second-order valence-corrected chi connectivity index (χ2v) is 3.55. The molecule has 2 aromatic heterocycles. The lowest BCUT2D eigenvalue weighted by Crippen LogP contribution is -2.15. The van der Waals surface area contributed by atoms with E-state index in [1.54, 1.807) is 23.3 Å². The number of imidazole rings is 1. The van der Waals surface area contributed by atoms with Crippen molar-refractivity contribution in [1.82, 2.24) is 24.5 Å². The molecule has 0 fully saturated rings. The molecule has 0 aliphatic heterocycles. The van der Waals surface area contributed by atoms with Gasteiger partial charge in [-0.3, -0.25) is 4.57 Å². The highest BCUT2D eigenvalue weighted by molar-refractivity contribution is 5.34. The molecule has 0 radical (unpaired) electrons. The van der Waals surface area contributed by atoms with Crippen molar-refractivity contribution in [3.8, 4) is 5.95 Å². The van der Waals surface area contributed by atoms with Crippen molar-refractivity contribution in [3.05, 3.63) is 18.7 Å². The summed E-state index contributed by atoms with van der Waals surface area (Å²) >= 11 is 0. The van der Waals surface area contributed by atoms with Crippen LogP contribution in [-0.4, -0.2) is 56.0 Å². The average Bonchev–Trinajstić information content (AvgIpc) is 2.92. The Balaban J connectivity index is 1.97. The van der Waals surface area contributed by atoms with E-state index in [9.17, 15) is 0 Å². The van der Waals surface area contributed by atoms with E-state index in [2.05, 4.69) is 25.3 Å². The van der Waals surface area contributed by atoms with E-state index >= 15 is 0 Å². The first-order valence-electron chi connectivity index (χ1n) is 5.72. The fraction of sp³-hybridized carbons (Fsp3) is 0.400. The number of ether oxygens (including phenoxy) is 1. The molecule has 19 heavy (non-hydrogen) atoms. The van der Waals surface area contributed by atoms with E-state index in [4.69, 9.17) is 15.6 Å². The van der Waals surface area contributed by atoms with Gasteiger partial charge in [-0.25, -0.2) is 4.98 Å². The standard InChI is InChI=1S/C10H15N7O2/c11-8-14-9(13-2-5-19-6-4-18)16-10(15-8)17-3-1-12-7-17/h1,3,7,18H,2,4-6H2,(H3,11,13,14,15,16). The number of rotatable bonds is 7. The van der Waals surface area contributed by atoms with Crippen molar-refractivity contribution < 1.29 is 9.84 Å². The molecule has 2 heterocycles. The molecule has 0 amide bonds. The number of hydrogen-bond acceptors (Lipinski definition) is 8. The van der Waals surface area contributed by atoms with Crippen LogP contribution in [-0.2, 0) is 4.74 Å². The molecule has 0 aromatic carbocycles. The molecule has 0 aliphatic carbocycles. The number of nitrogens with two attached hydrogens (primary N) is 1. The van der Waals surface area contributed by atoms with Gasteiger partial charge >= 0.3 is 0 Å². The highest BCUT2D eigenvalue weighted by Gasteiger charge is 2.05. The minimum Gasteiger partial charge on any atom is -0.394 e. The predicted molar refractivity (Wildman–Crippen MR) is 67.8 cm³/mol. The van der Waals surface area contributed by atoms with Crippen LogP contribution < -0.4 is 11.1 Å². The summed E-state index contributed by atoms with van der Waals surface area (Å²) in [5.74, 6) is 0.880. The third-order valence-corrected chi connectivity index (χ3v) is 2.14. The van der Waals surface area contributed by atoms with E-state index in [0.717, 1.165) is 0 Å². The average molecular weight is 265 g/mol. The van der Waals surface area contributed by atoms with Gasteiger partial charge in [0.25, 0.3) is 0 Å². The van der Waals surface area contributed by atoms with E-state index < -0.39 is 0 Å². The minimum atomic E-state index is 0.00346. The Bertz CT molecular complexity index is 503. The van der Waals surface area contributed by atoms with Crippen LogP contribution in [0.3, 0.4) is 0 Å². The monoisotopic (exact) mass is 265 g/mol. The molecule has 0 saturated carbocycles. The Kier molecular flexibility index (Phi) is 4.59. The van der Waals surface area contributed by atoms with Crippen LogP contribution >= 0.6 is 0 Å². The third-order valence-electron chi connectivity index (χ3n) is 2.14. The summed E-state index contributed by atoms with van der Waals surface area (Å²) < 4.78 is 6.74. The molecule has 2 rings (SSSR count). The maximum Gasteiger partial charge on any atom is 0.241 e. The molecule has 102 valence electrons. The normalized spacial score (nSPS) is 10.6. The van der Waals surface area contributed by atoms with Crippen LogP contribution in [0.15, 0.2) is 18.7 Å². The Labute approximate surface area is 109 Å². The molecule has 9 nitrogen and oxygen atoms in total. The zero-order chi connectivity index (χ0) is 13.5. The zero-order valence-corrected chi connectivity index (χ0v) is 10.2. The van der Waals surface area contributed by atoms with Crippen LogP contribution in [0.2, 0.25) is 0 Å². The first kappa shape index (κ1) is 13.2. The van der Waals surface area contributed by atoms with Gasteiger partial charge in [-0.1, -0.05) is 0 Å². The maximum absolute atomic E-state index is 8.56. The van der Waals surface area contributed by atoms with Crippen molar-refractivity contribution in [2.24, 2.45) is 0 Å². The summed E-state index contributed by atoms with van der Waals surface area (Å²) in [5.41, 5.74) is 5.62. The molecule has 2 aromatic rings. The number of aromatic nitrogens is 5. The van der Waals surface area contributed by atoms with Crippen molar-refractivity contribution in [2.75, 3.05) is 37.4 Å². The smallest absolute Gasteiger partial charge is 0.241 e. The summed E-state index contributed by atoms with van der Waals surface area (Å²) in [6.45, 7) is 1.25. The van der Waals surface area contributed by atoms with Crippen LogP contribution in [0.4, 0.5) is 11.9 Å². The van der Waals surface area contributed by atoms with E-state index in [0.29, 0.717) is 31.7 Å². The highest BCUT2D eigenvalue weighted by Crippen LogP contribution is 2.06. The van der Waals surface area contributed by atoms with Crippen molar-refractivity contribution in [3.63, 3.8) is 0 Å². The lowest BCUT2D eigenvalue weighted by molar-refractivity contribution is 0.0991. The fourth-order valence-electron chi connectivity index (χ4n) is 1.35. The fourth-order valence-corrected chi connectivity index (χ4v) is 1.35. The van der Waals surface area contributed by atoms with Gasteiger partial charge in [0.15, 0.2) is 0 Å². The summed E-state index contributed by atoms with van der Waals surface area (Å²) in [4.78, 5) is 16.1. The SMILES string of the molecule is Nc1nc(NCCOCCO)nc(-n2ccnc2)n1. The van der Waals surface area contributed by atoms with Crippen LogP contribution in [0.25, 0.3) is 5.95 Å². The Morgan fingerprint density at radius 3 is 2.95 bits per heavy atom.